The first-order valence-corrected chi connectivity index (χ1v) is 4.83. The Morgan fingerprint density at radius 3 is 2.77 bits per heavy atom. The Balaban J connectivity index is 2.41. The molecule has 1 aliphatic rings. The first kappa shape index (κ1) is 8.97. The smallest absolute Gasteiger partial charge is 0.0627 e. The van der Waals surface area contributed by atoms with E-state index in [1.165, 1.54) is 0 Å². The molecule has 1 aromatic heterocycles. The van der Waals surface area contributed by atoms with Crippen molar-refractivity contribution in [1.82, 2.24) is 4.98 Å². The molecule has 0 spiro atoms. The lowest BCUT2D eigenvalue weighted by atomic mass is 9.92. The predicted octanol–water partition coefficient (Wildman–Crippen LogP) is 2.15. The number of pyridine rings is 1. The maximum absolute atomic E-state index is 9.64. The summed E-state index contributed by atoms with van der Waals surface area (Å²) < 4.78 is 0. The molecule has 1 aromatic rings. The predicted molar refractivity (Wildman–Crippen MR) is 51.8 cm³/mol. The van der Waals surface area contributed by atoms with Gasteiger partial charge in [-0.05, 0) is 31.4 Å². The van der Waals surface area contributed by atoms with Gasteiger partial charge in [-0.25, -0.2) is 0 Å². The minimum atomic E-state index is -0.326. The minimum absolute atomic E-state index is 0.0833. The number of hydrogen-bond acceptors (Lipinski definition) is 2. The normalized spacial score (nSPS) is 21.2. The van der Waals surface area contributed by atoms with Gasteiger partial charge in [0.1, 0.15) is 0 Å². The van der Waals surface area contributed by atoms with Crippen molar-refractivity contribution in [2.45, 2.75) is 31.3 Å². The van der Waals surface area contributed by atoms with E-state index in [-0.39, 0.29) is 11.5 Å². The van der Waals surface area contributed by atoms with E-state index < -0.39 is 0 Å². The van der Waals surface area contributed by atoms with Gasteiger partial charge in [0.15, 0.2) is 0 Å². The molecule has 0 radical (unpaired) electrons. The van der Waals surface area contributed by atoms with Gasteiger partial charge < -0.3 is 5.11 Å². The molecule has 1 fully saturated rings. The number of aromatic nitrogens is 1. The molecule has 1 unspecified atom stereocenters. The number of nitrogens with zero attached hydrogens (tertiary/aromatic N) is 1. The van der Waals surface area contributed by atoms with Gasteiger partial charge in [0.25, 0.3) is 0 Å². The average molecular weight is 198 g/mol. The molecular formula is C10H12ClNO. The fourth-order valence-electron chi connectivity index (χ4n) is 1.83. The molecular weight excluding hydrogens is 186 g/mol. The second-order valence-electron chi connectivity index (χ2n) is 3.69. The van der Waals surface area contributed by atoms with Crippen molar-refractivity contribution in [3.05, 3.63) is 29.0 Å². The van der Waals surface area contributed by atoms with E-state index in [4.69, 9.17) is 11.6 Å². The van der Waals surface area contributed by atoms with Crippen molar-refractivity contribution < 1.29 is 5.11 Å². The first-order chi connectivity index (χ1) is 6.17. The van der Waals surface area contributed by atoms with Crippen LogP contribution in [0.5, 0.6) is 0 Å². The number of aliphatic hydroxyl groups excluding tert-OH is 1. The van der Waals surface area contributed by atoms with E-state index in [2.05, 4.69) is 4.98 Å². The van der Waals surface area contributed by atoms with Crippen molar-refractivity contribution in [1.29, 1.82) is 0 Å². The highest BCUT2D eigenvalue weighted by molar-refractivity contribution is 6.31. The average Bonchev–Trinajstić information content (AvgIpc) is 2.85. The fourth-order valence-corrected chi connectivity index (χ4v) is 2.13. The molecule has 1 aliphatic carbocycles. The lowest BCUT2D eigenvalue weighted by molar-refractivity contribution is 0.150. The molecule has 0 aliphatic heterocycles. The second-order valence-corrected chi connectivity index (χ2v) is 4.09. The summed E-state index contributed by atoms with van der Waals surface area (Å²) in [7, 11) is 0. The lowest BCUT2D eigenvalue weighted by Gasteiger charge is -2.19. The topological polar surface area (TPSA) is 33.1 Å². The molecule has 0 saturated heterocycles. The largest absolute Gasteiger partial charge is 0.392 e. The third-order valence-electron chi connectivity index (χ3n) is 2.90. The Kier molecular flexibility index (Phi) is 2.05. The van der Waals surface area contributed by atoms with E-state index in [0.29, 0.717) is 5.02 Å². The van der Waals surface area contributed by atoms with Crippen LogP contribution in [-0.2, 0) is 5.41 Å². The van der Waals surface area contributed by atoms with E-state index in [1.807, 2.05) is 13.0 Å². The van der Waals surface area contributed by atoms with Crippen LogP contribution >= 0.6 is 11.6 Å². The summed E-state index contributed by atoms with van der Waals surface area (Å²) >= 11 is 6.02. The number of hydrogen-bond donors (Lipinski definition) is 1. The standard InChI is InChI=1S/C10H12ClNO/c1-7(13)10(3-4-10)8-2-5-12-6-9(8)11/h2,5-7,13H,3-4H2,1H3. The van der Waals surface area contributed by atoms with Gasteiger partial charge in [-0.1, -0.05) is 11.6 Å². The molecule has 1 N–H and O–H groups in total. The Morgan fingerprint density at radius 2 is 2.31 bits per heavy atom. The summed E-state index contributed by atoms with van der Waals surface area (Å²) in [4.78, 5) is 3.93. The van der Waals surface area contributed by atoms with E-state index in [0.717, 1.165) is 18.4 Å². The zero-order valence-corrected chi connectivity index (χ0v) is 8.25. The summed E-state index contributed by atoms with van der Waals surface area (Å²) in [6, 6.07) is 1.90. The van der Waals surface area contributed by atoms with E-state index in [9.17, 15) is 5.11 Å². The van der Waals surface area contributed by atoms with Gasteiger partial charge in [0.2, 0.25) is 0 Å². The van der Waals surface area contributed by atoms with Crippen molar-refractivity contribution in [3.8, 4) is 0 Å². The molecule has 3 heteroatoms. The van der Waals surface area contributed by atoms with Crippen molar-refractivity contribution >= 4 is 11.6 Å². The van der Waals surface area contributed by atoms with Crippen molar-refractivity contribution in [2.24, 2.45) is 0 Å². The van der Waals surface area contributed by atoms with Gasteiger partial charge in [-0.15, -0.1) is 0 Å². The summed E-state index contributed by atoms with van der Waals surface area (Å²) in [6.07, 6.45) is 5.08. The Bertz CT molecular complexity index is 320. The van der Waals surface area contributed by atoms with Crippen LogP contribution in [0, 0.1) is 0 Å². The summed E-state index contributed by atoms with van der Waals surface area (Å²) in [5.74, 6) is 0. The molecule has 13 heavy (non-hydrogen) atoms. The minimum Gasteiger partial charge on any atom is -0.392 e. The quantitative estimate of drug-likeness (QED) is 0.788. The van der Waals surface area contributed by atoms with Gasteiger partial charge >= 0.3 is 0 Å². The SMILES string of the molecule is CC(O)C1(c2ccncc2Cl)CC1. The number of halogens is 1. The zero-order chi connectivity index (χ0) is 9.47. The third-order valence-corrected chi connectivity index (χ3v) is 3.20. The van der Waals surface area contributed by atoms with Crippen molar-refractivity contribution in [3.63, 3.8) is 0 Å². The molecule has 0 bridgehead atoms. The van der Waals surface area contributed by atoms with Crippen LogP contribution in [-0.4, -0.2) is 16.2 Å². The van der Waals surface area contributed by atoms with Crippen molar-refractivity contribution in [2.75, 3.05) is 0 Å². The van der Waals surface area contributed by atoms with Crippen LogP contribution in [0.3, 0.4) is 0 Å². The molecule has 1 atom stereocenters. The summed E-state index contributed by atoms with van der Waals surface area (Å²) in [5, 5.41) is 10.3. The van der Waals surface area contributed by atoms with Crippen LogP contribution in [0.4, 0.5) is 0 Å². The molecule has 70 valence electrons. The molecule has 0 aromatic carbocycles. The second kappa shape index (κ2) is 2.96. The number of aliphatic hydroxyl groups is 1. The summed E-state index contributed by atoms with van der Waals surface area (Å²) in [5.41, 5.74) is 0.958. The van der Waals surface area contributed by atoms with E-state index in [1.54, 1.807) is 12.4 Å². The van der Waals surface area contributed by atoms with Gasteiger partial charge in [0, 0.05) is 17.8 Å². The Hall–Kier alpha value is -0.600. The molecule has 2 rings (SSSR count). The number of rotatable bonds is 2. The van der Waals surface area contributed by atoms with Crippen LogP contribution in [0.2, 0.25) is 5.02 Å². The zero-order valence-electron chi connectivity index (χ0n) is 7.50. The van der Waals surface area contributed by atoms with Crippen LogP contribution in [0.15, 0.2) is 18.5 Å². The fraction of sp³-hybridized carbons (Fsp3) is 0.500. The molecule has 0 amide bonds. The highest BCUT2D eigenvalue weighted by Crippen LogP contribution is 2.52. The van der Waals surface area contributed by atoms with Crippen LogP contribution in [0.1, 0.15) is 25.3 Å². The maximum Gasteiger partial charge on any atom is 0.0627 e. The Morgan fingerprint density at radius 1 is 1.62 bits per heavy atom. The van der Waals surface area contributed by atoms with Gasteiger partial charge in [-0.3, -0.25) is 4.98 Å². The highest BCUT2D eigenvalue weighted by atomic mass is 35.5. The lowest BCUT2D eigenvalue weighted by Crippen LogP contribution is -2.22. The molecule has 1 heterocycles. The van der Waals surface area contributed by atoms with Gasteiger partial charge in [0.05, 0.1) is 11.1 Å². The van der Waals surface area contributed by atoms with Gasteiger partial charge in [-0.2, -0.15) is 0 Å². The maximum atomic E-state index is 9.64. The monoisotopic (exact) mass is 197 g/mol. The van der Waals surface area contributed by atoms with E-state index >= 15 is 0 Å². The van der Waals surface area contributed by atoms with Crippen LogP contribution in [0.25, 0.3) is 0 Å². The molecule has 1 saturated carbocycles. The highest BCUT2D eigenvalue weighted by Gasteiger charge is 2.49. The first-order valence-electron chi connectivity index (χ1n) is 4.45. The third kappa shape index (κ3) is 1.34. The van der Waals surface area contributed by atoms with Crippen LogP contribution < -0.4 is 0 Å². The summed E-state index contributed by atoms with van der Waals surface area (Å²) in [6.45, 7) is 1.82. The molecule has 2 nitrogen and oxygen atoms in total. The Labute approximate surface area is 82.6 Å².